The van der Waals surface area contributed by atoms with E-state index in [-0.39, 0.29) is 6.04 Å². The van der Waals surface area contributed by atoms with Gasteiger partial charge in [0, 0.05) is 4.90 Å². The van der Waals surface area contributed by atoms with E-state index in [0.717, 1.165) is 0 Å². The maximum atomic E-state index is 5.98. The molecule has 70 valence electrons. The molecule has 2 rings (SSSR count). The summed E-state index contributed by atoms with van der Waals surface area (Å²) in [5.74, 6) is 0. The van der Waals surface area contributed by atoms with Crippen molar-refractivity contribution in [1.82, 2.24) is 0 Å². The van der Waals surface area contributed by atoms with Crippen LogP contribution in [0, 0.1) is 0 Å². The smallest absolute Gasteiger partial charge is 0.0721 e. The highest BCUT2D eigenvalue weighted by Crippen LogP contribution is 2.31. The minimum absolute atomic E-state index is 0.0485. The molecule has 0 bridgehead atoms. The summed E-state index contributed by atoms with van der Waals surface area (Å²) in [6, 6.07) is 6.32. The fraction of sp³-hybridized carbons (Fsp3) is 0.400. The van der Waals surface area contributed by atoms with E-state index in [4.69, 9.17) is 10.5 Å². The molecule has 1 aromatic rings. The topological polar surface area (TPSA) is 35.2 Å². The highest BCUT2D eigenvalue weighted by Gasteiger charge is 2.19. The van der Waals surface area contributed by atoms with Gasteiger partial charge in [0.1, 0.15) is 0 Å². The van der Waals surface area contributed by atoms with E-state index in [0.29, 0.717) is 13.2 Å². The lowest BCUT2D eigenvalue weighted by atomic mass is 10.00. The van der Waals surface area contributed by atoms with Gasteiger partial charge < -0.3 is 10.5 Å². The van der Waals surface area contributed by atoms with Crippen LogP contribution in [0.2, 0.25) is 0 Å². The van der Waals surface area contributed by atoms with Crippen molar-refractivity contribution in [3.05, 3.63) is 29.3 Å². The molecule has 0 saturated carbocycles. The molecule has 0 unspecified atom stereocenters. The molecular weight excluding hydrogens is 182 g/mol. The largest absolute Gasteiger partial charge is 0.375 e. The number of fused-ring (bicyclic) bond motifs is 1. The number of hydrogen-bond donors (Lipinski definition) is 1. The summed E-state index contributed by atoms with van der Waals surface area (Å²) in [4.78, 5) is 1.29. The fourth-order valence-corrected chi connectivity index (χ4v) is 2.41. The first kappa shape index (κ1) is 9.06. The maximum absolute atomic E-state index is 5.98. The Labute approximate surface area is 82.5 Å². The highest BCUT2D eigenvalue weighted by molar-refractivity contribution is 7.98. The molecule has 2 N–H and O–H groups in total. The number of ether oxygens (including phenoxy) is 1. The summed E-state index contributed by atoms with van der Waals surface area (Å²) in [5, 5.41) is 0. The van der Waals surface area contributed by atoms with Gasteiger partial charge in [0.15, 0.2) is 0 Å². The zero-order valence-electron chi connectivity index (χ0n) is 7.62. The lowest BCUT2D eigenvalue weighted by Gasteiger charge is -2.24. The van der Waals surface area contributed by atoms with Gasteiger partial charge in [-0.25, -0.2) is 0 Å². The molecular formula is C10H13NOS. The van der Waals surface area contributed by atoms with Gasteiger partial charge in [-0.2, -0.15) is 0 Å². The summed E-state index contributed by atoms with van der Waals surface area (Å²) in [7, 11) is 0. The summed E-state index contributed by atoms with van der Waals surface area (Å²) < 4.78 is 5.37. The van der Waals surface area contributed by atoms with Crippen LogP contribution in [0.25, 0.3) is 0 Å². The van der Waals surface area contributed by atoms with E-state index < -0.39 is 0 Å². The second-order valence-electron chi connectivity index (χ2n) is 3.15. The van der Waals surface area contributed by atoms with Crippen molar-refractivity contribution < 1.29 is 4.74 Å². The van der Waals surface area contributed by atoms with Crippen molar-refractivity contribution in [1.29, 1.82) is 0 Å². The molecule has 1 heterocycles. The summed E-state index contributed by atoms with van der Waals surface area (Å²) >= 11 is 1.75. The monoisotopic (exact) mass is 195 g/mol. The third-order valence-electron chi connectivity index (χ3n) is 2.30. The highest BCUT2D eigenvalue weighted by atomic mass is 32.2. The quantitative estimate of drug-likeness (QED) is 0.695. The van der Waals surface area contributed by atoms with Gasteiger partial charge >= 0.3 is 0 Å². The normalized spacial score (nSPS) is 21.2. The standard InChI is InChI=1S/C10H13NOS/c1-13-9-4-2-3-7-5-12-6-8(11)10(7)9/h2-4,8H,5-6,11H2,1H3/t8-/m1/s1. The van der Waals surface area contributed by atoms with Crippen LogP contribution in [0.3, 0.4) is 0 Å². The molecule has 1 aliphatic rings. The van der Waals surface area contributed by atoms with Gasteiger partial charge in [-0.05, 0) is 23.4 Å². The second kappa shape index (κ2) is 3.70. The van der Waals surface area contributed by atoms with Crippen molar-refractivity contribution in [3.8, 4) is 0 Å². The Morgan fingerprint density at radius 1 is 1.54 bits per heavy atom. The number of thioether (sulfide) groups is 1. The van der Waals surface area contributed by atoms with E-state index in [1.165, 1.54) is 16.0 Å². The van der Waals surface area contributed by atoms with Crippen LogP contribution in [-0.2, 0) is 11.3 Å². The number of benzene rings is 1. The Morgan fingerprint density at radius 2 is 2.38 bits per heavy atom. The zero-order chi connectivity index (χ0) is 9.26. The maximum Gasteiger partial charge on any atom is 0.0721 e. The number of hydrogen-bond acceptors (Lipinski definition) is 3. The van der Waals surface area contributed by atoms with Crippen LogP contribution in [-0.4, -0.2) is 12.9 Å². The van der Waals surface area contributed by atoms with Crippen molar-refractivity contribution in [2.24, 2.45) is 5.73 Å². The van der Waals surface area contributed by atoms with Crippen LogP contribution < -0.4 is 5.73 Å². The van der Waals surface area contributed by atoms with Gasteiger partial charge in [-0.3, -0.25) is 0 Å². The van der Waals surface area contributed by atoms with Crippen molar-refractivity contribution in [3.63, 3.8) is 0 Å². The SMILES string of the molecule is CSc1cccc2c1[C@H](N)COC2. The molecule has 3 heteroatoms. The third kappa shape index (κ3) is 1.59. The van der Waals surface area contributed by atoms with Crippen LogP contribution in [0.1, 0.15) is 17.2 Å². The molecule has 1 aromatic carbocycles. The van der Waals surface area contributed by atoms with E-state index in [1.807, 2.05) is 0 Å². The van der Waals surface area contributed by atoms with E-state index >= 15 is 0 Å². The Hall–Kier alpha value is -0.510. The molecule has 2 nitrogen and oxygen atoms in total. The van der Waals surface area contributed by atoms with Gasteiger partial charge in [0.05, 0.1) is 19.3 Å². The van der Waals surface area contributed by atoms with Gasteiger partial charge in [0.2, 0.25) is 0 Å². The molecule has 13 heavy (non-hydrogen) atoms. The molecule has 0 aromatic heterocycles. The first-order chi connectivity index (χ1) is 6.33. The van der Waals surface area contributed by atoms with E-state index in [9.17, 15) is 0 Å². The average Bonchev–Trinajstić information content (AvgIpc) is 2.17. The van der Waals surface area contributed by atoms with Crippen molar-refractivity contribution in [2.75, 3.05) is 12.9 Å². The molecule has 0 radical (unpaired) electrons. The predicted molar refractivity (Wildman–Crippen MR) is 54.8 cm³/mol. The molecule has 0 aliphatic carbocycles. The van der Waals surface area contributed by atoms with Gasteiger partial charge in [0.25, 0.3) is 0 Å². The summed E-state index contributed by atoms with van der Waals surface area (Å²) in [6.07, 6.45) is 2.08. The first-order valence-corrected chi connectivity index (χ1v) is 5.54. The van der Waals surface area contributed by atoms with E-state index in [2.05, 4.69) is 24.5 Å². The van der Waals surface area contributed by atoms with Crippen molar-refractivity contribution >= 4 is 11.8 Å². The molecule has 0 amide bonds. The lowest BCUT2D eigenvalue weighted by Crippen LogP contribution is -2.24. The Balaban J connectivity index is 2.50. The summed E-state index contributed by atoms with van der Waals surface area (Å²) in [6.45, 7) is 1.35. The van der Waals surface area contributed by atoms with Crippen LogP contribution in [0.15, 0.2) is 23.1 Å². The Kier molecular flexibility index (Phi) is 2.58. The molecule has 0 spiro atoms. The minimum Gasteiger partial charge on any atom is -0.375 e. The van der Waals surface area contributed by atoms with Crippen LogP contribution in [0.5, 0.6) is 0 Å². The first-order valence-electron chi connectivity index (χ1n) is 4.32. The number of rotatable bonds is 1. The Morgan fingerprint density at radius 3 is 3.15 bits per heavy atom. The van der Waals surface area contributed by atoms with Gasteiger partial charge in [-0.1, -0.05) is 12.1 Å². The minimum atomic E-state index is 0.0485. The third-order valence-corrected chi connectivity index (χ3v) is 3.10. The zero-order valence-corrected chi connectivity index (χ0v) is 8.43. The second-order valence-corrected chi connectivity index (χ2v) is 4.00. The van der Waals surface area contributed by atoms with Crippen LogP contribution in [0.4, 0.5) is 0 Å². The molecule has 0 fully saturated rings. The number of nitrogens with two attached hydrogens (primary N) is 1. The lowest BCUT2D eigenvalue weighted by molar-refractivity contribution is 0.0912. The van der Waals surface area contributed by atoms with Crippen LogP contribution >= 0.6 is 11.8 Å². The average molecular weight is 195 g/mol. The summed E-state index contributed by atoms with van der Waals surface area (Å²) in [5.41, 5.74) is 8.50. The molecule has 0 saturated heterocycles. The van der Waals surface area contributed by atoms with E-state index in [1.54, 1.807) is 11.8 Å². The molecule has 1 atom stereocenters. The van der Waals surface area contributed by atoms with Gasteiger partial charge in [-0.15, -0.1) is 11.8 Å². The van der Waals surface area contributed by atoms with Crippen molar-refractivity contribution in [2.45, 2.75) is 17.5 Å². The Bertz CT molecular complexity index is 300. The fourth-order valence-electron chi connectivity index (χ4n) is 1.69. The molecule has 1 aliphatic heterocycles. The predicted octanol–water partition coefficient (Wildman–Crippen LogP) is 1.94.